The van der Waals surface area contributed by atoms with Crippen molar-refractivity contribution in [3.05, 3.63) is 29.3 Å². The Labute approximate surface area is 124 Å². The van der Waals surface area contributed by atoms with E-state index in [0.29, 0.717) is 6.04 Å². The van der Waals surface area contributed by atoms with Crippen LogP contribution in [0, 0.1) is 0 Å². The number of benzene rings is 1. The zero-order valence-electron chi connectivity index (χ0n) is 11.7. The third-order valence-electron chi connectivity index (χ3n) is 2.97. The molecule has 2 nitrogen and oxygen atoms in total. The van der Waals surface area contributed by atoms with Gasteiger partial charge in [-0.3, -0.25) is 0 Å². The summed E-state index contributed by atoms with van der Waals surface area (Å²) in [6.07, 6.45) is 2.24. The van der Waals surface area contributed by atoms with Gasteiger partial charge < -0.3 is 5.32 Å². The van der Waals surface area contributed by atoms with Crippen molar-refractivity contribution in [1.29, 1.82) is 0 Å². The minimum Gasteiger partial charge on any atom is -0.313 e. The second-order valence-corrected chi connectivity index (χ2v) is 7.02. The third-order valence-corrected chi connectivity index (χ3v) is 5.07. The quantitative estimate of drug-likeness (QED) is 0.797. The molecule has 104 valence electrons. The normalized spacial score (nSPS) is 12.9. The van der Waals surface area contributed by atoms with Gasteiger partial charge in [-0.05, 0) is 30.9 Å². The lowest BCUT2D eigenvalue weighted by molar-refractivity contribution is 0.549. The van der Waals surface area contributed by atoms with Crippen LogP contribution >= 0.6 is 23.1 Å². The zero-order chi connectivity index (χ0) is 13.5. The molecule has 0 aliphatic heterocycles. The number of hydrogen-bond acceptors (Lipinski definition) is 4. The highest BCUT2D eigenvalue weighted by molar-refractivity contribution is 7.99. The van der Waals surface area contributed by atoms with E-state index in [1.54, 1.807) is 0 Å². The van der Waals surface area contributed by atoms with Gasteiger partial charge in [0.15, 0.2) is 0 Å². The van der Waals surface area contributed by atoms with Gasteiger partial charge in [-0.2, -0.15) is 11.8 Å². The maximum Gasteiger partial charge on any atom is 0.0954 e. The average molecular weight is 294 g/mol. The van der Waals surface area contributed by atoms with Gasteiger partial charge in [-0.1, -0.05) is 26.0 Å². The van der Waals surface area contributed by atoms with E-state index in [9.17, 15) is 0 Å². The summed E-state index contributed by atoms with van der Waals surface area (Å²) in [5.74, 6) is 2.36. The number of aromatic nitrogens is 1. The molecule has 0 saturated heterocycles. The summed E-state index contributed by atoms with van der Waals surface area (Å²) in [5.41, 5.74) is 1.14. The average Bonchev–Trinajstić information content (AvgIpc) is 2.84. The second-order valence-electron chi connectivity index (χ2n) is 4.59. The molecular weight excluding hydrogens is 272 g/mol. The first-order valence-electron chi connectivity index (χ1n) is 6.99. The molecule has 0 radical (unpaired) electrons. The number of para-hydroxylation sites is 1. The van der Waals surface area contributed by atoms with Gasteiger partial charge in [0.1, 0.15) is 0 Å². The molecule has 0 fully saturated rings. The molecule has 1 aromatic carbocycles. The minimum atomic E-state index is 0.547. The molecule has 2 rings (SSSR count). The first-order valence-corrected chi connectivity index (χ1v) is 8.96. The van der Waals surface area contributed by atoms with Crippen LogP contribution in [0.1, 0.15) is 25.3 Å². The van der Waals surface area contributed by atoms with E-state index in [1.165, 1.54) is 27.6 Å². The lowest BCUT2D eigenvalue weighted by Gasteiger charge is -2.16. The molecule has 4 heteroatoms. The Bertz CT molecular complexity index is 455. The van der Waals surface area contributed by atoms with Gasteiger partial charge in [-0.15, -0.1) is 11.3 Å². The summed E-state index contributed by atoms with van der Waals surface area (Å²) < 4.78 is 1.30. The monoisotopic (exact) mass is 294 g/mol. The highest BCUT2D eigenvalue weighted by Crippen LogP contribution is 2.23. The molecule has 0 aliphatic rings. The summed E-state index contributed by atoms with van der Waals surface area (Å²) in [7, 11) is 0. The minimum absolute atomic E-state index is 0.547. The molecule has 1 atom stereocenters. The van der Waals surface area contributed by atoms with Gasteiger partial charge >= 0.3 is 0 Å². The van der Waals surface area contributed by atoms with Crippen molar-refractivity contribution >= 4 is 33.3 Å². The number of thioether (sulfide) groups is 1. The standard InChI is InChI=1S/C15H22N2S2/c1-3-9-16-12(11-18-4-2)10-15-17-13-7-5-6-8-14(13)19-15/h5-8,12,16H,3-4,9-11H2,1-2H3. The molecule has 1 aromatic heterocycles. The van der Waals surface area contributed by atoms with E-state index in [4.69, 9.17) is 4.98 Å². The maximum atomic E-state index is 4.74. The number of hydrogen-bond donors (Lipinski definition) is 1. The molecule has 1 unspecified atom stereocenters. The van der Waals surface area contributed by atoms with Crippen LogP contribution in [0.2, 0.25) is 0 Å². The van der Waals surface area contributed by atoms with Crippen molar-refractivity contribution in [2.45, 2.75) is 32.7 Å². The lowest BCUT2D eigenvalue weighted by atomic mass is 10.2. The second kappa shape index (κ2) is 7.88. The fourth-order valence-electron chi connectivity index (χ4n) is 2.02. The molecule has 0 amide bonds. The first kappa shape index (κ1) is 14.8. The third kappa shape index (κ3) is 4.48. The number of nitrogens with zero attached hydrogens (tertiary/aromatic N) is 1. The Morgan fingerprint density at radius 1 is 1.32 bits per heavy atom. The van der Waals surface area contributed by atoms with E-state index in [1.807, 2.05) is 23.1 Å². The summed E-state index contributed by atoms with van der Waals surface area (Å²) in [6, 6.07) is 8.96. The molecule has 2 aromatic rings. The summed E-state index contributed by atoms with van der Waals surface area (Å²) in [4.78, 5) is 4.74. The van der Waals surface area contributed by atoms with Crippen LogP contribution in [0.25, 0.3) is 10.2 Å². The van der Waals surface area contributed by atoms with Crippen LogP contribution in [0.4, 0.5) is 0 Å². The predicted octanol–water partition coefficient (Wildman–Crippen LogP) is 3.96. The molecule has 0 saturated carbocycles. The van der Waals surface area contributed by atoms with Crippen LogP contribution in [-0.4, -0.2) is 29.1 Å². The fraction of sp³-hybridized carbons (Fsp3) is 0.533. The van der Waals surface area contributed by atoms with Gasteiger partial charge in [0.2, 0.25) is 0 Å². The predicted molar refractivity (Wildman–Crippen MR) is 88.4 cm³/mol. The highest BCUT2D eigenvalue weighted by Gasteiger charge is 2.12. The van der Waals surface area contributed by atoms with Crippen molar-refractivity contribution in [3.63, 3.8) is 0 Å². The van der Waals surface area contributed by atoms with Gasteiger partial charge in [0.25, 0.3) is 0 Å². The van der Waals surface area contributed by atoms with Crippen molar-refractivity contribution < 1.29 is 0 Å². The van der Waals surface area contributed by atoms with Crippen molar-refractivity contribution in [1.82, 2.24) is 10.3 Å². The van der Waals surface area contributed by atoms with Crippen LogP contribution in [0.5, 0.6) is 0 Å². The van der Waals surface area contributed by atoms with Gasteiger partial charge in [0, 0.05) is 18.2 Å². The Balaban J connectivity index is 2.01. The lowest BCUT2D eigenvalue weighted by Crippen LogP contribution is -2.34. The van der Waals surface area contributed by atoms with Gasteiger partial charge in [-0.25, -0.2) is 4.98 Å². The maximum absolute atomic E-state index is 4.74. The molecule has 0 bridgehead atoms. The Morgan fingerprint density at radius 2 is 2.16 bits per heavy atom. The van der Waals surface area contributed by atoms with E-state index in [0.717, 1.165) is 18.5 Å². The summed E-state index contributed by atoms with van der Waals surface area (Å²) >= 11 is 3.84. The number of nitrogens with one attached hydrogen (secondary N) is 1. The molecule has 0 spiro atoms. The fourth-order valence-corrected chi connectivity index (χ4v) is 3.82. The van der Waals surface area contributed by atoms with E-state index < -0.39 is 0 Å². The Morgan fingerprint density at radius 3 is 2.89 bits per heavy atom. The Kier molecular flexibility index (Phi) is 6.14. The van der Waals surface area contributed by atoms with Crippen LogP contribution < -0.4 is 5.32 Å². The summed E-state index contributed by atoms with van der Waals surface area (Å²) in [5, 5.41) is 4.90. The number of rotatable bonds is 8. The molecule has 0 aliphatic carbocycles. The van der Waals surface area contributed by atoms with Crippen LogP contribution in [0.15, 0.2) is 24.3 Å². The molecule has 1 N–H and O–H groups in total. The van der Waals surface area contributed by atoms with Crippen LogP contribution in [0.3, 0.4) is 0 Å². The van der Waals surface area contributed by atoms with E-state index in [-0.39, 0.29) is 0 Å². The van der Waals surface area contributed by atoms with Gasteiger partial charge in [0.05, 0.1) is 15.2 Å². The first-order chi connectivity index (χ1) is 9.33. The van der Waals surface area contributed by atoms with Crippen LogP contribution in [-0.2, 0) is 6.42 Å². The Hall–Kier alpha value is -0.580. The number of fused-ring (bicyclic) bond motifs is 1. The highest BCUT2D eigenvalue weighted by atomic mass is 32.2. The zero-order valence-corrected chi connectivity index (χ0v) is 13.3. The largest absolute Gasteiger partial charge is 0.313 e. The van der Waals surface area contributed by atoms with Crippen molar-refractivity contribution in [2.75, 3.05) is 18.1 Å². The smallest absolute Gasteiger partial charge is 0.0954 e. The van der Waals surface area contributed by atoms with Crippen molar-refractivity contribution in [2.24, 2.45) is 0 Å². The summed E-state index contributed by atoms with van der Waals surface area (Å²) in [6.45, 7) is 5.54. The number of thiazole rings is 1. The van der Waals surface area contributed by atoms with Crippen molar-refractivity contribution in [3.8, 4) is 0 Å². The van der Waals surface area contributed by atoms with E-state index in [2.05, 4.69) is 43.4 Å². The van der Waals surface area contributed by atoms with E-state index >= 15 is 0 Å². The SMILES string of the molecule is CCCNC(CSCC)Cc1nc2ccccc2s1. The molecule has 19 heavy (non-hydrogen) atoms. The molecule has 1 heterocycles. The topological polar surface area (TPSA) is 24.9 Å². The molecular formula is C15H22N2S2.